The molecule has 1 N–H and O–H groups in total. The standard InChI is InChI=1S/C23H29N3O3S/c27-22(28)15-25-11-8-20-21(14-25)30-23(24-20)16-4-6-18(7-5-16)29-19-12-17(13-19)26-9-2-1-3-10-26/h4-7,17,19H,1-3,8-15H2,(H,27,28)/t17-,19-. The Morgan fingerprint density at radius 3 is 2.63 bits per heavy atom. The number of nitrogens with zero attached hydrogens (tertiary/aromatic N) is 3. The summed E-state index contributed by atoms with van der Waals surface area (Å²) < 4.78 is 6.19. The molecule has 1 aromatic heterocycles. The second-order valence-electron chi connectivity index (χ2n) is 8.73. The Balaban J connectivity index is 1.16. The Labute approximate surface area is 181 Å². The van der Waals surface area contributed by atoms with Crippen molar-refractivity contribution >= 4 is 17.3 Å². The first kappa shape index (κ1) is 20.0. The molecule has 0 amide bonds. The van der Waals surface area contributed by atoms with Crippen molar-refractivity contribution in [3.05, 3.63) is 34.8 Å². The van der Waals surface area contributed by atoms with Gasteiger partial charge in [-0.25, -0.2) is 4.98 Å². The van der Waals surface area contributed by atoms with Crippen molar-refractivity contribution in [1.29, 1.82) is 0 Å². The fraction of sp³-hybridized carbons (Fsp3) is 0.565. The number of hydrogen-bond acceptors (Lipinski definition) is 6. The third-order valence-electron chi connectivity index (χ3n) is 6.55. The largest absolute Gasteiger partial charge is 0.490 e. The lowest BCUT2D eigenvalue weighted by Gasteiger charge is -2.44. The van der Waals surface area contributed by atoms with E-state index >= 15 is 0 Å². The first-order valence-electron chi connectivity index (χ1n) is 11.1. The van der Waals surface area contributed by atoms with Crippen LogP contribution in [0.5, 0.6) is 5.75 Å². The van der Waals surface area contributed by atoms with E-state index in [1.807, 2.05) is 4.90 Å². The number of thiazole rings is 1. The molecule has 2 aliphatic heterocycles. The summed E-state index contributed by atoms with van der Waals surface area (Å²) in [6.07, 6.45) is 7.54. The number of rotatable bonds is 6. The summed E-state index contributed by atoms with van der Waals surface area (Å²) in [6.45, 7) is 4.06. The highest BCUT2D eigenvalue weighted by Gasteiger charge is 2.35. The monoisotopic (exact) mass is 427 g/mol. The van der Waals surface area contributed by atoms with Crippen molar-refractivity contribution in [2.75, 3.05) is 26.2 Å². The topological polar surface area (TPSA) is 65.9 Å². The second kappa shape index (κ2) is 8.65. The summed E-state index contributed by atoms with van der Waals surface area (Å²) >= 11 is 1.68. The van der Waals surface area contributed by atoms with Crippen LogP contribution in [0.3, 0.4) is 0 Å². The number of fused-ring (bicyclic) bond motifs is 1. The molecule has 3 aliphatic rings. The minimum Gasteiger partial charge on any atom is -0.490 e. The van der Waals surface area contributed by atoms with E-state index in [-0.39, 0.29) is 6.54 Å². The number of carboxylic acids is 1. The zero-order valence-corrected chi connectivity index (χ0v) is 18.1. The van der Waals surface area contributed by atoms with Crippen molar-refractivity contribution in [1.82, 2.24) is 14.8 Å². The molecule has 6 nitrogen and oxygen atoms in total. The molecule has 30 heavy (non-hydrogen) atoms. The highest BCUT2D eigenvalue weighted by molar-refractivity contribution is 7.15. The Kier molecular flexibility index (Phi) is 5.76. The smallest absolute Gasteiger partial charge is 0.317 e. The lowest BCUT2D eigenvalue weighted by atomic mass is 9.86. The number of carboxylic acid groups (broad SMARTS) is 1. The number of aromatic nitrogens is 1. The molecule has 3 heterocycles. The van der Waals surface area contributed by atoms with Crippen LogP contribution in [0.15, 0.2) is 24.3 Å². The lowest BCUT2D eigenvalue weighted by molar-refractivity contribution is -0.138. The van der Waals surface area contributed by atoms with Gasteiger partial charge in [0, 0.05) is 48.8 Å². The molecular weight excluding hydrogens is 398 g/mol. The van der Waals surface area contributed by atoms with Gasteiger partial charge in [0.15, 0.2) is 0 Å². The third-order valence-corrected chi connectivity index (χ3v) is 7.68. The molecule has 0 radical (unpaired) electrons. The SMILES string of the molecule is O=C(O)CN1CCc2nc(-c3ccc(O[C@H]4C[C@H](N5CCCCC5)C4)cc3)sc2C1. The average Bonchev–Trinajstić information content (AvgIpc) is 3.14. The van der Waals surface area contributed by atoms with E-state index in [1.54, 1.807) is 11.3 Å². The Morgan fingerprint density at radius 2 is 1.90 bits per heavy atom. The molecule has 1 aliphatic carbocycles. The van der Waals surface area contributed by atoms with Crippen LogP contribution in [-0.2, 0) is 17.8 Å². The molecule has 1 aromatic carbocycles. The molecule has 2 aromatic rings. The molecule has 1 saturated carbocycles. The second-order valence-corrected chi connectivity index (χ2v) is 9.81. The third kappa shape index (κ3) is 4.38. The summed E-state index contributed by atoms with van der Waals surface area (Å²) in [6, 6.07) is 9.02. The fourth-order valence-electron chi connectivity index (χ4n) is 4.78. The predicted octanol–water partition coefficient (Wildman–Crippen LogP) is 3.65. The van der Waals surface area contributed by atoms with Gasteiger partial charge >= 0.3 is 5.97 Å². The van der Waals surface area contributed by atoms with Gasteiger partial charge in [0.1, 0.15) is 16.9 Å². The van der Waals surface area contributed by atoms with E-state index in [2.05, 4.69) is 29.2 Å². The van der Waals surface area contributed by atoms with Gasteiger partial charge in [0.2, 0.25) is 0 Å². The first-order chi connectivity index (χ1) is 14.6. The Bertz CT molecular complexity index is 886. The number of likely N-dealkylation sites (tertiary alicyclic amines) is 1. The van der Waals surface area contributed by atoms with E-state index in [9.17, 15) is 4.79 Å². The van der Waals surface area contributed by atoms with Gasteiger partial charge in [-0.15, -0.1) is 11.3 Å². The number of carbonyl (C=O) groups is 1. The molecule has 160 valence electrons. The van der Waals surface area contributed by atoms with Crippen LogP contribution in [0.4, 0.5) is 0 Å². The number of ether oxygens (including phenoxy) is 1. The highest BCUT2D eigenvalue weighted by atomic mass is 32.1. The van der Waals surface area contributed by atoms with Gasteiger partial charge < -0.3 is 14.7 Å². The average molecular weight is 428 g/mol. The van der Waals surface area contributed by atoms with Crippen LogP contribution in [0, 0.1) is 0 Å². The summed E-state index contributed by atoms with van der Waals surface area (Å²) in [5, 5.41) is 10.0. The zero-order valence-electron chi connectivity index (χ0n) is 17.3. The van der Waals surface area contributed by atoms with Gasteiger partial charge in [-0.1, -0.05) is 6.42 Å². The Hall–Kier alpha value is -1.96. The van der Waals surface area contributed by atoms with E-state index < -0.39 is 5.97 Å². The quantitative estimate of drug-likeness (QED) is 0.759. The van der Waals surface area contributed by atoms with Gasteiger partial charge in [-0.2, -0.15) is 0 Å². The van der Waals surface area contributed by atoms with Crippen LogP contribution >= 0.6 is 11.3 Å². The van der Waals surface area contributed by atoms with E-state index in [0.29, 0.717) is 12.6 Å². The summed E-state index contributed by atoms with van der Waals surface area (Å²) in [4.78, 5) is 21.6. The molecule has 0 spiro atoms. The van der Waals surface area contributed by atoms with E-state index in [4.69, 9.17) is 14.8 Å². The van der Waals surface area contributed by atoms with Crippen molar-refractivity contribution in [3.63, 3.8) is 0 Å². The van der Waals surface area contributed by atoms with Crippen LogP contribution in [0.1, 0.15) is 42.7 Å². The van der Waals surface area contributed by atoms with Crippen molar-refractivity contribution in [2.24, 2.45) is 0 Å². The molecule has 2 fully saturated rings. The molecule has 5 rings (SSSR count). The van der Waals surface area contributed by atoms with E-state index in [1.165, 1.54) is 37.2 Å². The van der Waals surface area contributed by atoms with Gasteiger partial charge in [-0.3, -0.25) is 9.69 Å². The molecular formula is C23H29N3O3S. The molecule has 1 saturated heterocycles. The van der Waals surface area contributed by atoms with Crippen LogP contribution < -0.4 is 4.74 Å². The lowest BCUT2D eigenvalue weighted by Crippen LogP contribution is -2.50. The fourth-order valence-corrected chi connectivity index (χ4v) is 5.94. The predicted molar refractivity (Wildman–Crippen MR) is 117 cm³/mol. The van der Waals surface area contributed by atoms with Crippen molar-refractivity contribution in [3.8, 4) is 16.3 Å². The molecule has 0 atom stereocenters. The zero-order chi connectivity index (χ0) is 20.5. The van der Waals surface area contributed by atoms with Crippen LogP contribution in [-0.4, -0.2) is 64.2 Å². The summed E-state index contributed by atoms with van der Waals surface area (Å²) in [5.74, 6) is 0.169. The van der Waals surface area contributed by atoms with Crippen LogP contribution in [0.25, 0.3) is 10.6 Å². The number of benzene rings is 1. The Morgan fingerprint density at radius 1 is 1.13 bits per heavy atom. The number of piperidine rings is 1. The first-order valence-corrected chi connectivity index (χ1v) is 11.9. The minimum atomic E-state index is -0.771. The van der Waals surface area contributed by atoms with Crippen molar-refractivity contribution in [2.45, 2.75) is 57.2 Å². The maximum absolute atomic E-state index is 11.0. The maximum atomic E-state index is 11.0. The van der Waals surface area contributed by atoms with Crippen LogP contribution in [0.2, 0.25) is 0 Å². The molecule has 7 heteroatoms. The van der Waals surface area contributed by atoms with Crippen molar-refractivity contribution < 1.29 is 14.6 Å². The summed E-state index contributed by atoms with van der Waals surface area (Å²) in [5.41, 5.74) is 2.22. The minimum absolute atomic E-state index is 0.0957. The normalized spacial score (nSPS) is 24.8. The van der Waals surface area contributed by atoms with E-state index in [0.717, 1.165) is 53.9 Å². The molecule has 0 unspecified atom stereocenters. The number of aliphatic carboxylic acids is 1. The van der Waals surface area contributed by atoms with Gasteiger partial charge in [0.25, 0.3) is 0 Å². The maximum Gasteiger partial charge on any atom is 0.317 e. The highest BCUT2D eigenvalue weighted by Crippen LogP contribution is 2.34. The summed E-state index contributed by atoms with van der Waals surface area (Å²) in [7, 11) is 0. The van der Waals surface area contributed by atoms with Gasteiger partial charge in [-0.05, 0) is 50.2 Å². The molecule has 0 bridgehead atoms. The van der Waals surface area contributed by atoms with Gasteiger partial charge in [0.05, 0.1) is 12.2 Å². The number of hydrogen-bond donors (Lipinski definition) is 1.